The molecule has 32 heavy (non-hydrogen) atoms. The Labute approximate surface area is 196 Å². The van der Waals surface area contributed by atoms with Gasteiger partial charge in [-0.05, 0) is 92.6 Å². The van der Waals surface area contributed by atoms with Crippen LogP contribution in [0.25, 0.3) is 22.3 Å². The van der Waals surface area contributed by atoms with E-state index in [1.54, 1.807) is 12.1 Å². The summed E-state index contributed by atoms with van der Waals surface area (Å²) in [5, 5.41) is 7.13. The summed E-state index contributed by atoms with van der Waals surface area (Å²) in [7, 11) is 0. The third-order valence-corrected chi connectivity index (χ3v) is 6.15. The molecular formula is C27H33ClFN3. The summed E-state index contributed by atoms with van der Waals surface area (Å²) in [5.41, 5.74) is 7.40. The number of aromatic nitrogens is 1. The first-order chi connectivity index (χ1) is 15.1. The normalized spacial score (nSPS) is 11.3. The smallest absolute Gasteiger partial charge is 0.146 e. The number of benzene rings is 2. The third kappa shape index (κ3) is 5.07. The van der Waals surface area contributed by atoms with Gasteiger partial charge in [-0.3, -0.25) is 0 Å². The van der Waals surface area contributed by atoms with Gasteiger partial charge in [0.1, 0.15) is 11.6 Å². The molecule has 0 bridgehead atoms. The van der Waals surface area contributed by atoms with E-state index in [0.717, 1.165) is 51.3 Å². The molecule has 0 aliphatic rings. The molecule has 0 atom stereocenters. The molecule has 2 aromatic carbocycles. The number of hydrogen-bond donors (Lipinski definition) is 2. The van der Waals surface area contributed by atoms with Crippen molar-refractivity contribution in [1.82, 2.24) is 4.98 Å². The minimum absolute atomic E-state index is 0.157. The summed E-state index contributed by atoms with van der Waals surface area (Å²) >= 11 is 6.88. The largest absolute Gasteiger partial charge is 0.381 e. The van der Waals surface area contributed by atoms with Crippen LogP contribution in [0.4, 0.5) is 15.9 Å². The monoisotopic (exact) mass is 453 g/mol. The van der Waals surface area contributed by atoms with Crippen molar-refractivity contribution >= 4 is 23.1 Å². The van der Waals surface area contributed by atoms with E-state index < -0.39 is 0 Å². The predicted molar refractivity (Wildman–Crippen MR) is 136 cm³/mol. The number of nitrogens with zero attached hydrogens (tertiary/aromatic N) is 1. The molecule has 1 aromatic heterocycles. The van der Waals surface area contributed by atoms with Crippen molar-refractivity contribution in [2.75, 3.05) is 17.2 Å². The van der Waals surface area contributed by atoms with E-state index in [1.165, 1.54) is 0 Å². The molecule has 0 unspecified atom stereocenters. The van der Waals surface area contributed by atoms with E-state index in [-0.39, 0.29) is 11.9 Å². The standard InChI is InChI=1S/C27H33ClFN3/c1-15(2)13-30-24-11-9-21(14-31-24)25-17(5)18(6)26(27(28)19(25)7)20-8-10-23(22(29)12-20)32-16(3)4/h8-12,14-16,32H,13H2,1-7H3,(H,30,31). The van der Waals surface area contributed by atoms with Crippen LogP contribution in [0.2, 0.25) is 5.02 Å². The number of anilines is 2. The molecule has 0 aliphatic carbocycles. The van der Waals surface area contributed by atoms with Crippen molar-refractivity contribution in [3.05, 3.63) is 64.1 Å². The highest BCUT2D eigenvalue weighted by atomic mass is 35.5. The van der Waals surface area contributed by atoms with Gasteiger partial charge < -0.3 is 10.6 Å². The highest BCUT2D eigenvalue weighted by Crippen LogP contribution is 2.42. The quantitative estimate of drug-likeness (QED) is 0.380. The number of halogens is 2. The van der Waals surface area contributed by atoms with Crippen LogP contribution in [0.5, 0.6) is 0 Å². The van der Waals surface area contributed by atoms with E-state index in [1.807, 2.05) is 46.0 Å². The lowest BCUT2D eigenvalue weighted by Crippen LogP contribution is -2.11. The van der Waals surface area contributed by atoms with Crippen LogP contribution < -0.4 is 10.6 Å². The summed E-state index contributed by atoms with van der Waals surface area (Å²) in [6, 6.07) is 9.51. The van der Waals surface area contributed by atoms with Gasteiger partial charge in [-0.15, -0.1) is 0 Å². The number of nitrogens with one attached hydrogen (secondary N) is 2. The van der Waals surface area contributed by atoms with Gasteiger partial charge in [-0.2, -0.15) is 0 Å². The molecule has 3 nitrogen and oxygen atoms in total. The fourth-order valence-corrected chi connectivity index (χ4v) is 4.29. The molecule has 0 aliphatic heterocycles. The average molecular weight is 454 g/mol. The average Bonchev–Trinajstić information content (AvgIpc) is 2.73. The molecule has 0 radical (unpaired) electrons. The summed E-state index contributed by atoms with van der Waals surface area (Å²) in [5.74, 6) is 1.14. The minimum Gasteiger partial charge on any atom is -0.381 e. The number of hydrogen-bond acceptors (Lipinski definition) is 3. The molecule has 1 heterocycles. The third-order valence-electron chi connectivity index (χ3n) is 5.68. The summed E-state index contributed by atoms with van der Waals surface area (Å²) in [6.07, 6.45) is 1.89. The second-order valence-corrected chi connectivity index (χ2v) is 9.52. The highest BCUT2D eigenvalue weighted by Gasteiger charge is 2.20. The maximum absolute atomic E-state index is 14.7. The second-order valence-electron chi connectivity index (χ2n) is 9.14. The highest BCUT2D eigenvalue weighted by molar-refractivity contribution is 6.35. The summed E-state index contributed by atoms with van der Waals surface area (Å²) in [6.45, 7) is 15.3. The maximum Gasteiger partial charge on any atom is 0.146 e. The fraction of sp³-hybridized carbons (Fsp3) is 0.370. The van der Waals surface area contributed by atoms with Gasteiger partial charge in [0.2, 0.25) is 0 Å². The van der Waals surface area contributed by atoms with Crippen LogP contribution in [0.1, 0.15) is 44.4 Å². The first kappa shape index (κ1) is 24.1. The van der Waals surface area contributed by atoms with Crippen LogP contribution in [0.15, 0.2) is 36.5 Å². The van der Waals surface area contributed by atoms with Gasteiger partial charge in [-0.1, -0.05) is 31.5 Å². The number of rotatable bonds is 7. The second kappa shape index (κ2) is 9.91. The SMILES string of the molecule is Cc1c(C)c(-c2ccc(NC(C)C)c(F)c2)c(Cl)c(C)c1-c1ccc(NCC(C)C)nc1. The van der Waals surface area contributed by atoms with Gasteiger partial charge in [-0.25, -0.2) is 9.37 Å². The van der Waals surface area contributed by atoms with E-state index in [2.05, 4.69) is 42.5 Å². The Balaban J connectivity index is 2.03. The molecule has 2 N–H and O–H groups in total. The fourth-order valence-electron chi connectivity index (χ4n) is 3.95. The topological polar surface area (TPSA) is 37.0 Å². The lowest BCUT2D eigenvalue weighted by atomic mass is 9.87. The Hall–Kier alpha value is -2.59. The Morgan fingerprint density at radius 3 is 2.12 bits per heavy atom. The molecule has 0 fully saturated rings. The summed E-state index contributed by atoms with van der Waals surface area (Å²) < 4.78 is 14.7. The Morgan fingerprint density at radius 2 is 1.56 bits per heavy atom. The zero-order valence-corrected chi connectivity index (χ0v) is 20.8. The van der Waals surface area contributed by atoms with Gasteiger partial charge >= 0.3 is 0 Å². The van der Waals surface area contributed by atoms with Crippen LogP contribution in [-0.2, 0) is 0 Å². The van der Waals surface area contributed by atoms with Crippen LogP contribution in [0, 0.1) is 32.5 Å². The van der Waals surface area contributed by atoms with E-state index >= 15 is 0 Å². The Morgan fingerprint density at radius 1 is 0.906 bits per heavy atom. The van der Waals surface area contributed by atoms with Crippen molar-refractivity contribution in [3.8, 4) is 22.3 Å². The van der Waals surface area contributed by atoms with Gasteiger partial charge in [0, 0.05) is 29.9 Å². The van der Waals surface area contributed by atoms with E-state index in [4.69, 9.17) is 11.6 Å². The lowest BCUT2D eigenvalue weighted by molar-refractivity contribution is 0.628. The van der Waals surface area contributed by atoms with Gasteiger partial charge in [0.05, 0.1) is 10.7 Å². The number of pyridine rings is 1. The lowest BCUT2D eigenvalue weighted by Gasteiger charge is -2.20. The zero-order chi connectivity index (χ0) is 23.6. The zero-order valence-electron chi connectivity index (χ0n) is 20.0. The molecule has 0 spiro atoms. The molecular weight excluding hydrogens is 421 g/mol. The van der Waals surface area contributed by atoms with Crippen molar-refractivity contribution in [2.24, 2.45) is 5.92 Å². The molecule has 170 valence electrons. The van der Waals surface area contributed by atoms with E-state index in [9.17, 15) is 4.39 Å². The van der Waals surface area contributed by atoms with Crippen molar-refractivity contribution < 1.29 is 4.39 Å². The van der Waals surface area contributed by atoms with Crippen LogP contribution in [0.3, 0.4) is 0 Å². The first-order valence-electron chi connectivity index (χ1n) is 11.2. The molecule has 3 rings (SSSR count). The van der Waals surface area contributed by atoms with Gasteiger partial charge in [0.15, 0.2) is 0 Å². The van der Waals surface area contributed by atoms with Crippen LogP contribution in [-0.4, -0.2) is 17.6 Å². The molecule has 5 heteroatoms. The Bertz CT molecular complexity index is 1080. The maximum atomic E-state index is 14.7. The van der Waals surface area contributed by atoms with Gasteiger partial charge in [0.25, 0.3) is 0 Å². The van der Waals surface area contributed by atoms with Crippen molar-refractivity contribution in [3.63, 3.8) is 0 Å². The predicted octanol–water partition coefficient (Wildman–Crippen LogP) is 8.02. The molecule has 3 aromatic rings. The summed E-state index contributed by atoms with van der Waals surface area (Å²) in [4.78, 5) is 4.58. The van der Waals surface area contributed by atoms with Crippen molar-refractivity contribution in [1.29, 1.82) is 0 Å². The minimum atomic E-state index is -0.278. The van der Waals surface area contributed by atoms with Crippen LogP contribution >= 0.6 is 11.6 Å². The Kier molecular flexibility index (Phi) is 7.45. The molecule has 0 saturated carbocycles. The molecule has 0 saturated heterocycles. The van der Waals surface area contributed by atoms with Crippen molar-refractivity contribution in [2.45, 2.75) is 54.5 Å². The molecule has 0 amide bonds. The first-order valence-corrected chi connectivity index (χ1v) is 11.5. The van der Waals surface area contributed by atoms with E-state index in [0.29, 0.717) is 16.6 Å².